The zero-order valence-corrected chi connectivity index (χ0v) is 10.8. The normalized spacial score (nSPS) is 14.1. The van der Waals surface area contributed by atoms with Crippen LogP contribution in [0, 0.1) is 0 Å². The fourth-order valence-electron chi connectivity index (χ4n) is 2.34. The molecule has 0 heterocycles. The van der Waals surface area contributed by atoms with Crippen molar-refractivity contribution in [1.29, 1.82) is 0 Å². The second-order valence-electron chi connectivity index (χ2n) is 4.68. The molecule has 0 saturated heterocycles. The maximum Gasteiger partial charge on any atom is 0.0795 e. The minimum Gasteiger partial charge on any atom is -0.388 e. The lowest BCUT2D eigenvalue weighted by Gasteiger charge is -2.19. The molecule has 2 aromatic carbocycles. The van der Waals surface area contributed by atoms with Gasteiger partial charge in [-0.1, -0.05) is 67.6 Å². The summed E-state index contributed by atoms with van der Waals surface area (Å²) in [6.07, 6.45) is 1.45. The van der Waals surface area contributed by atoms with Crippen LogP contribution >= 0.6 is 0 Å². The number of rotatable bonds is 5. The largest absolute Gasteiger partial charge is 0.388 e. The molecule has 0 aliphatic rings. The molecule has 0 radical (unpaired) electrons. The first-order chi connectivity index (χ1) is 8.81. The molecule has 0 amide bonds. The first-order valence-electron chi connectivity index (χ1n) is 6.59. The summed E-state index contributed by atoms with van der Waals surface area (Å²) < 4.78 is 0. The van der Waals surface area contributed by atoms with E-state index in [0.717, 1.165) is 18.4 Å². The van der Waals surface area contributed by atoms with Gasteiger partial charge in [0, 0.05) is 0 Å². The molecule has 94 valence electrons. The van der Waals surface area contributed by atoms with E-state index in [9.17, 15) is 5.11 Å². The Hall–Kier alpha value is -1.60. The zero-order chi connectivity index (χ0) is 12.8. The first kappa shape index (κ1) is 12.8. The van der Waals surface area contributed by atoms with E-state index in [1.807, 2.05) is 36.4 Å². The van der Waals surface area contributed by atoms with Gasteiger partial charge in [-0.25, -0.2) is 0 Å². The average molecular weight is 240 g/mol. The molecule has 2 atom stereocenters. The molecule has 0 aromatic heterocycles. The molecule has 0 bridgehead atoms. The fraction of sp³-hybridized carbons (Fsp3) is 0.294. The highest BCUT2D eigenvalue weighted by molar-refractivity contribution is 5.22. The van der Waals surface area contributed by atoms with Crippen molar-refractivity contribution in [3.8, 4) is 0 Å². The van der Waals surface area contributed by atoms with E-state index >= 15 is 0 Å². The van der Waals surface area contributed by atoms with Gasteiger partial charge in [0.05, 0.1) is 6.10 Å². The van der Waals surface area contributed by atoms with Gasteiger partial charge in [-0.2, -0.15) is 0 Å². The summed E-state index contributed by atoms with van der Waals surface area (Å²) in [5.74, 6) is 0.418. The highest BCUT2D eigenvalue weighted by atomic mass is 16.3. The minimum absolute atomic E-state index is 0.378. The standard InChI is InChI=1S/C17H20O/c1-2-14(15-9-5-3-6-10-15)13-17(18)16-11-7-4-8-12-16/h3-12,14,17-18H,2,13H2,1H3/t14-,17+/m1/s1. The topological polar surface area (TPSA) is 20.2 Å². The van der Waals surface area contributed by atoms with Gasteiger partial charge in [-0.3, -0.25) is 0 Å². The lowest BCUT2D eigenvalue weighted by molar-refractivity contribution is 0.156. The molecule has 1 heteroatoms. The molecule has 1 nitrogen and oxygen atoms in total. The number of hydrogen-bond donors (Lipinski definition) is 1. The summed E-state index contributed by atoms with van der Waals surface area (Å²) in [5.41, 5.74) is 2.32. The Labute approximate surface area is 109 Å². The molecule has 1 N–H and O–H groups in total. The maximum absolute atomic E-state index is 10.3. The van der Waals surface area contributed by atoms with Crippen molar-refractivity contribution in [3.63, 3.8) is 0 Å². The van der Waals surface area contributed by atoms with Crippen LogP contribution in [-0.2, 0) is 0 Å². The molecule has 2 rings (SSSR count). The van der Waals surface area contributed by atoms with Crippen molar-refractivity contribution < 1.29 is 5.11 Å². The lowest BCUT2D eigenvalue weighted by atomic mass is 9.89. The molecular weight excluding hydrogens is 220 g/mol. The molecule has 0 unspecified atom stereocenters. The number of aliphatic hydroxyl groups excluding tert-OH is 1. The van der Waals surface area contributed by atoms with Gasteiger partial charge in [-0.15, -0.1) is 0 Å². The predicted octanol–water partition coefficient (Wildman–Crippen LogP) is 4.30. The molecule has 0 fully saturated rings. The molecule has 0 spiro atoms. The first-order valence-corrected chi connectivity index (χ1v) is 6.59. The van der Waals surface area contributed by atoms with Gasteiger partial charge in [0.25, 0.3) is 0 Å². The van der Waals surface area contributed by atoms with Crippen LogP contribution in [0.4, 0.5) is 0 Å². The molecule has 0 saturated carbocycles. The number of aliphatic hydroxyl groups is 1. The van der Waals surface area contributed by atoms with Crippen molar-refractivity contribution in [3.05, 3.63) is 71.8 Å². The van der Waals surface area contributed by atoms with Gasteiger partial charge in [0.15, 0.2) is 0 Å². The quantitative estimate of drug-likeness (QED) is 0.826. The summed E-state index contributed by atoms with van der Waals surface area (Å²) in [5, 5.41) is 10.3. The Morgan fingerprint density at radius 3 is 1.83 bits per heavy atom. The zero-order valence-electron chi connectivity index (χ0n) is 10.8. The summed E-state index contributed by atoms with van der Waals surface area (Å²) in [7, 11) is 0. The smallest absolute Gasteiger partial charge is 0.0795 e. The van der Waals surface area contributed by atoms with Crippen molar-refractivity contribution >= 4 is 0 Å². The SMILES string of the molecule is CC[C@H](C[C@H](O)c1ccccc1)c1ccccc1. The van der Waals surface area contributed by atoms with Gasteiger partial charge in [0.1, 0.15) is 0 Å². The van der Waals surface area contributed by atoms with Crippen LogP contribution in [0.5, 0.6) is 0 Å². The highest BCUT2D eigenvalue weighted by Crippen LogP contribution is 2.30. The van der Waals surface area contributed by atoms with E-state index < -0.39 is 0 Å². The summed E-state index contributed by atoms with van der Waals surface area (Å²) in [4.78, 5) is 0. The van der Waals surface area contributed by atoms with Gasteiger partial charge < -0.3 is 5.11 Å². The highest BCUT2D eigenvalue weighted by Gasteiger charge is 2.15. The van der Waals surface area contributed by atoms with Crippen molar-refractivity contribution in [2.75, 3.05) is 0 Å². The van der Waals surface area contributed by atoms with Gasteiger partial charge in [-0.05, 0) is 29.9 Å². The number of benzene rings is 2. The minimum atomic E-state index is -0.378. The number of hydrogen-bond acceptors (Lipinski definition) is 1. The van der Waals surface area contributed by atoms with Crippen LogP contribution in [0.25, 0.3) is 0 Å². The Bertz CT molecular complexity index is 450. The summed E-state index contributed by atoms with van der Waals surface area (Å²) >= 11 is 0. The third-order valence-electron chi connectivity index (χ3n) is 3.46. The summed E-state index contributed by atoms with van der Waals surface area (Å²) in [6.45, 7) is 2.18. The predicted molar refractivity (Wildman–Crippen MR) is 75.5 cm³/mol. The Balaban J connectivity index is 2.07. The van der Waals surface area contributed by atoms with Crippen LogP contribution in [0.3, 0.4) is 0 Å². The molecule has 0 aliphatic heterocycles. The average Bonchev–Trinajstić information content (AvgIpc) is 2.46. The third kappa shape index (κ3) is 3.21. The second kappa shape index (κ2) is 6.36. The van der Waals surface area contributed by atoms with Crippen molar-refractivity contribution in [1.82, 2.24) is 0 Å². The molecule has 2 aromatic rings. The van der Waals surface area contributed by atoms with E-state index in [4.69, 9.17) is 0 Å². The van der Waals surface area contributed by atoms with Crippen LogP contribution in [0.1, 0.15) is 42.9 Å². The maximum atomic E-state index is 10.3. The van der Waals surface area contributed by atoms with Crippen LogP contribution in [0.15, 0.2) is 60.7 Å². The van der Waals surface area contributed by atoms with Crippen LogP contribution < -0.4 is 0 Å². The third-order valence-corrected chi connectivity index (χ3v) is 3.46. The fourth-order valence-corrected chi connectivity index (χ4v) is 2.34. The lowest BCUT2D eigenvalue weighted by Crippen LogP contribution is -2.05. The van der Waals surface area contributed by atoms with E-state index in [1.165, 1.54) is 5.56 Å². The molecule has 18 heavy (non-hydrogen) atoms. The van der Waals surface area contributed by atoms with E-state index in [1.54, 1.807) is 0 Å². The summed E-state index contributed by atoms with van der Waals surface area (Å²) in [6, 6.07) is 20.3. The monoisotopic (exact) mass is 240 g/mol. The van der Waals surface area contributed by atoms with Gasteiger partial charge >= 0.3 is 0 Å². The van der Waals surface area contributed by atoms with Crippen LogP contribution in [-0.4, -0.2) is 5.11 Å². The van der Waals surface area contributed by atoms with Gasteiger partial charge in [0.2, 0.25) is 0 Å². The van der Waals surface area contributed by atoms with E-state index in [0.29, 0.717) is 5.92 Å². The molecular formula is C17H20O. The van der Waals surface area contributed by atoms with E-state index in [-0.39, 0.29) is 6.10 Å². The van der Waals surface area contributed by atoms with Crippen LogP contribution in [0.2, 0.25) is 0 Å². The Kier molecular flexibility index (Phi) is 4.54. The van der Waals surface area contributed by atoms with E-state index in [2.05, 4.69) is 31.2 Å². The Morgan fingerprint density at radius 1 is 0.833 bits per heavy atom. The second-order valence-corrected chi connectivity index (χ2v) is 4.68. The van der Waals surface area contributed by atoms with Crippen molar-refractivity contribution in [2.24, 2.45) is 0 Å². The molecule has 0 aliphatic carbocycles. The Morgan fingerprint density at radius 2 is 1.33 bits per heavy atom. The van der Waals surface area contributed by atoms with Crippen molar-refractivity contribution in [2.45, 2.75) is 31.8 Å².